The molecule has 0 spiro atoms. The summed E-state index contributed by atoms with van der Waals surface area (Å²) in [6.45, 7) is 7.52. The van der Waals surface area contributed by atoms with Gasteiger partial charge in [-0.1, -0.05) is 12.1 Å². The Kier molecular flexibility index (Phi) is 8.15. The Morgan fingerprint density at radius 3 is 2.18 bits per heavy atom. The second-order valence-corrected chi connectivity index (χ2v) is 9.82. The SMILES string of the molecule is CCO[Si](C)(CCCNC(=O)OCCN1C(=O)c2ccccc2C1=O)OCC. The number of benzene rings is 1. The fourth-order valence-electron chi connectivity index (χ4n) is 3.12. The highest BCUT2D eigenvalue weighted by Gasteiger charge is 2.35. The predicted molar refractivity (Wildman–Crippen MR) is 105 cm³/mol. The molecule has 3 amide bonds. The van der Waals surface area contributed by atoms with Gasteiger partial charge in [0.1, 0.15) is 6.61 Å². The van der Waals surface area contributed by atoms with E-state index in [0.29, 0.717) is 30.9 Å². The Hall–Kier alpha value is -2.23. The van der Waals surface area contributed by atoms with Crippen molar-refractivity contribution in [2.45, 2.75) is 32.9 Å². The van der Waals surface area contributed by atoms with E-state index in [1.165, 1.54) is 0 Å². The van der Waals surface area contributed by atoms with Gasteiger partial charge in [0.05, 0.1) is 17.7 Å². The van der Waals surface area contributed by atoms with Crippen molar-refractivity contribution in [2.75, 3.05) is 32.9 Å². The molecular weight excluding hydrogens is 380 g/mol. The first-order valence-electron chi connectivity index (χ1n) is 9.55. The number of fused-ring (bicyclic) bond motifs is 1. The van der Waals surface area contributed by atoms with E-state index in [1.54, 1.807) is 24.3 Å². The van der Waals surface area contributed by atoms with E-state index in [2.05, 4.69) is 5.32 Å². The van der Waals surface area contributed by atoms with Crippen LogP contribution in [0, 0.1) is 0 Å². The molecule has 1 heterocycles. The van der Waals surface area contributed by atoms with Gasteiger partial charge in [0.15, 0.2) is 0 Å². The van der Waals surface area contributed by atoms with Crippen LogP contribution in [0.25, 0.3) is 0 Å². The molecule has 0 aliphatic carbocycles. The second kappa shape index (κ2) is 10.3. The third kappa shape index (κ3) is 5.63. The highest BCUT2D eigenvalue weighted by Crippen LogP contribution is 2.21. The molecule has 28 heavy (non-hydrogen) atoms. The van der Waals surface area contributed by atoms with E-state index in [1.807, 2.05) is 20.4 Å². The Bertz CT molecular complexity index is 670. The van der Waals surface area contributed by atoms with Gasteiger partial charge >= 0.3 is 14.7 Å². The summed E-state index contributed by atoms with van der Waals surface area (Å²) < 4.78 is 16.6. The van der Waals surface area contributed by atoms with E-state index in [4.69, 9.17) is 13.6 Å². The number of carbonyl (C=O) groups excluding carboxylic acids is 3. The van der Waals surface area contributed by atoms with Gasteiger partial charge in [-0.2, -0.15) is 0 Å². The first-order valence-corrected chi connectivity index (χ1v) is 12.1. The molecule has 0 atom stereocenters. The van der Waals surface area contributed by atoms with Crippen molar-refractivity contribution in [3.05, 3.63) is 35.4 Å². The molecule has 154 valence electrons. The van der Waals surface area contributed by atoms with Crippen molar-refractivity contribution in [1.82, 2.24) is 10.2 Å². The quantitative estimate of drug-likeness (QED) is 0.344. The largest absolute Gasteiger partial charge is 0.448 e. The van der Waals surface area contributed by atoms with Crippen LogP contribution >= 0.6 is 0 Å². The van der Waals surface area contributed by atoms with E-state index in [-0.39, 0.29) is 25.0 Å². The van der Waals surface area contributed by atoms with Crippen molar-refractivity contribution >= 4 is 26.5 Å². The van der Waals surface area contributed by atoms with Crippen LogP contribution in [0.15, 0.2) is 24.3 Å². The van der Waals surface area contributed by atoms with Crippen molar-refractivity contribution in [2.24, 2.45) is 0 Å². The normalized spacial score (nSPS) is 13.6. The minimum atomic E-state index is -2.18. The first-order chi connectivity index (χ1) is 13.4. The van der Waals surface area contributed by atoms with Gasteiger partial charge in [-0.25, -0.2) is 4.79 Å². The van der Waals surface area contributed by atoms with Gasteiger partial charge in [0.25, 0.3) is 11.8 Å². The first kappa shape index (κ1) is 22.1. The van der Waals surface area contributed by atoms with E-state index in [0.717, 1.165) is 17.4 Å². The third-order valence-corrected chi connectivity index (χ3v) is 7.46. The molecule has 0 saturated heterocycles. The molecule has 1 N–H and O–H groups in total. The number of hydrogen-bond acceptors (Lipinski definition) is 6. The number of nitrogens with zero attached hydrogens (tertiary/aromatic N) is 1. The van der Waals surface area contributed by atoms with Crippen molar-refractivity contribution in [1.29, 1.82) is 0 Å². The van der Waals surface area contributed by atoms with Crippen LogP contribution in [-0.2, 0) is 13.6 Å². The van der Waals surface area contributed by atoms with Gasteiger partial charge in [-0.15, -0.1) is 0 Å². The molecule has 0 unspecified atom stereocenters. The predicted octanol–water partition coefficient (Wildman–Crippen LogP) is 2.54. The van der Waals surface area contributed by atoms with Crippen LogP contribution in [0.1, 0.15) is 41.0 Å². The van der Waals surface area contributed by atoms with Crippen LogP contribution < -0.4 is 5.32 Å². The third-order valence-electron chi connectivity index (χ3n) is 4.40. The average molecular weight is 409 g/mol. The molecule has 0 saturated carbocycles. The van der Waals surface area contributed by atoms with Crippen LogP contribution in [-0.4, -0.2) is 64.3 Å². The lowest BCUT2D eigenvalue weighted by molar-refractivity contribution is 0.0604. The summed E-state index contributed by atoms with van der Waals surface area (Å²) in [4.78, 5) is 37.3. The smallest absolute Gasteiger partial charge is 0.407 e. The fourth-order valence-corrected chi connectivity index (χ4v) is 5.53. The fraction of sp³-hybridized carbons (Fsp3) is 0.526. The van der Waals surface area contributed by atoms with E-state index < -0.39 is 14.7 Å². The van der Waals surface area contributed by atoms with E-state index in [9.17, 15) is 14.4 Å². The van der Waals surface area contributed by atoms with Gasteiger partial charge in [-0.05, 0) is 45.0 Å². The summed E-state index contributed by atoms with van der Waals surface area (Å²) >= 11 is 0. The zero-order chi connectivity index (χ0) is 20.6. The molecule has 9 heteroatoms. The minimum Gasteiger partial charge on any atom is -0.448 e. The lowest BCUT2D eigenvalue weighted by Gasteiger charge is -2.25. The van der Waals surface area contributed by atoms with Crippen LogP contribution in [0.5, 0.6) is 0 Å². The maximum atomic E-state index is 12.2. The molecule has 8 nitrogen and oxygen atoms in total. The molecule has 0 bridgehead atoms. The molecule has 2 rings (SSSR count). The highest BCUT2D eigenvalue weighted by atomic mass is 28.4. The van der Waals surface area contributed by atoms with Gasteiger partial charge < -0.3 is 18.9 Å². The Morgan fingerprint density at radius 2 is 1.64 bits per heavy atom. The van der Waals surface area contributed by atoms with Gasteiger partial charge in [-0.3, -0.25) is 14.5 Å². The lowest BCUT2D eigenvalue weighted by Crippen LogP contribution is -2.39. The highest BCUT2D eigenvalue weighted by molar-refractivity contribution is 6.66. The average Bonchev–Trinajstić information content (AvgIpc) is 2.91. The molecule has 1 aliphatic rings. The Labute approximate surface area is 166 Å². The second-order valence-electron chi connectivity index (χ2n) is 6.47. The van der Waals surface area contributed by atoms with Gasteiger partial charge in [0, 0.05) is 19.8 Å². The van der Waals surface area contributed by atoms with Crippen LogP contribution in [0.3, 0.4) is 0 Å². The maximum absolute atomic E-state index is 12.2. The van der Waals surface area contributed by atoms with Crippen LogP contribution in [0.4, 0.5) is 4.79 Å². The van der Waals surface area contributed by atoms with Crippen molar-refractivity contribution < 1.29 is 28.0 Å². The Balaban J connectivity index is 1.67. The minimum absolute atomic E-state index is 0.0272. The molecule has 0 radical (unpaired) electrons. The molecule has 0 fully saturated rings. The lowest BCUT2D eigenvalue weighted by atomic mass is 10.1. The van der Waals surface area contributed by atoms with Crippen molar-refractivity contribution in [3.8, 4) is 0 Å². The number of ether oxygens (including phenoxy) is 1. The molecular formula is C19H28N2O6Si. The molecule has 1 aliphatic heterocycles. The number of imide groups is 1. The van der Waals surface area contributed by atoms with E-state index >= 15 is 0 Å². The van der Waals surface area contributed by atoms with Crippen LogP contribution in [0.2, 0.25) is 12.6 Å². The maximum Gasteiger partial charge on any atom is 0.407 e. The number of hydrogen-bond donors (Lipinski definition) is 1. The summed E-state index contributed by atoms with van der Waals surface area (Å²) in [5.74, 6) is -0.721. The summed E-state index contributed by atoms with van der Waals surface area (Å²) in [5, 5.41) is 2.67. The van der Waals surface area contributed by atoms with Gasteiger partial charge in [0.2, 0.25) is 0 Å². The summed E-state index contributed by atoms with van der Waals surface area (Å²) in [6.07, 6.45) is 0.142. The summed E-state index contributed by atoms with van der Waals surface area (Å²) in [6, 6.07) is 7.42. The zero-order valence-corrected chi connectivity index (χ0v) is 17.7. The van der Waals surface area contributed by atoms with Crippen molar-refractivity contribution in [3.63, 3.8) is 0 Å². The Morgan fingerprint density at radius 1 is 1.07 bits per heavy atom. The molecule has 0 aromatic heterocycles. The number of carbonyl (C=O) groups is 3. The molecule has 1 aromatic carbocycles. The molecule has 1 aromatic rings. The number of nitrogens with one attached hydrogen (secondary N) is 1. The number of amides is 3. The monoisotopic (exact) mass is 408 g/mol. The summed E-state index contributed by atoms with van der Waals surface area (Å²) in [7, 11) is -2.18. The standard InChI is InChI=1S/C19H28N2O6Si/c1-4-26-28(3,27-5-2)14-8-11-20-19(24)25-13-12-21-17(22)15-9-6-7-10-16(15)18(21)23/h6-7,9-10H,4-5,8,11-14H2,1-3H3,(H,20,24). The zero-order valence-electron chi connectivity index (χ0n) is 16.7. The topological polar surface area (TPSA) is 94.2 Å². The number of rotatable bonds is 11. The number of alkyl carbamates (subject to hydrolysis) is 1. The summed E-state index contributed by atoms with van der Waals surface area (Å²) in [5.41, 5.74) is 0.764.